The summed E-state index contributed by atoms with van der Waals surface area (Å²) in [4.78, 5) is 31.1. The number of hydrogen-bond donors (Lipinski definition) is 1. The maximum Gasteiger partial charge on any atom is 0.262 e. The van der Waals surface area contributed by atoms with Crippen molar-refractivity contribution in [2.75, 3.05) is 6.61 Å². The lowest BCUT2D eigenvalue weighted by Crippen LogP contribution is -2.46. The van der Waals surface area contributed by atoms with E-state index in [4.69, 9.17) is 21.3 Å². The van der Waals surface area contributed by atoms with Gasteiger partial charge < -0.3 is 10.1 Å². The molecule has 1 aliphatic carbocycles. The molecule has 32 heavy (non-hydrogen) atoms. The van der Waals surface area contributed by atoms with E-state index in [0.29, 0.717) is 39.5 Å². The van der Waals surface area contributed by atoms with Crippen LogP contribution in [0.3, 0.4) is 0 Å². The number of nitrogens with one attached hydrogen (secondary N) is 1. The summed E-state index contributed by atoms with van der Waals surface area (Å²) >= 11 is 7.48. The maximum absolute atomic E-state index is 13.3. The Morgan fingerprint density at radius 1 is 1.31 bits per heavy atom. The number of nitrogens with zero attached hydrogens (tertiary/aromatic N) is 2. The van der Waals surface area contributed by atoms with Gasteiger partial charge in [-0.2, -0.15) is 0 Å². The largest absolute Gasteiger partial charge is 0.376 e. The smallest absolute Gasteiger partial charge is 0.262 e. The Morgan fingerprint density at radius 3 is 2.88 bits per heavy atom. The third kappa shape index (κ3) is 5.15. The molecule has 0 bridgehead atoms. The summed E-state index contributed by atoms with van der Waals surface area (Å²) < 4.78 is 7.45. The molecule has 2 fully saturated rings. The van der Waals surface area contributed by atoms with Crippen molar-refractivity contribution in [2.45, 2.75) is 82.0 Å². The molecule has 1 saturated carbocycles. The van der Waals surface area contributed by atoms with Crippen LogP contribution >= 0.6 is 23.4 Å². The van der Waals surface area contributed by atoms with Gasteiger partial charge in [0.05, 0.1) is 28.8 Å². The Kier molecular flexibility index (Phi) is 7.47. The first-order chi connectivity index (χ1) is 15.3. The van der Waals surface area contributed by atoms with E-state index in [2.05, 4.69) is 19.2 Å². The molecule has 1 aliphatic heterocycles. The van der Waals surface area contributed by atoms with Crippen LogP contribution in [0, 0.1) is 11.8 Å². The Morgan fingerprint density at radius 2 is 2.12 bits per heavy atom. The van der Waals surface area contributed by atoms with Crippen LogP contribution in [0.1, 0.15) is 52.9 Å². The summed E-state index contributed by atoms with van der Waals surface area (Å²) in [5.74, 6) is 1.06. The van der Waals surface area contributed by atoms with Gasteiger partial charge in [-0.25, -0.2) is 4.98 Å². The molecule has 0 radical (unpaired) electrons. The van der Waals surface area contributed by atoms with E-state index in [-0.39, 0.29) is 28.9 Å². The molecule has 1 amide bonds. The molecule has 8 heteroatoms. The van der Waals surface area contributed by atoms with Gasteiger partial charge in [0, 0.05) is 17.7 Å². The number of ether oxygens (including phenoxy) is 1. The number of thioether (sulfide) groups is 1. The van der Waals surface area contributed by atoms with E-state index >= 15 is 0 Å². The number of carbonyl (C=O) groups is 1. The average molecular weight is 478 g/mol. The highest BCUT2D eigenvalue weighted by Gasteiger charge is 2.30. The average Bonchev–Trinajstić information content (AvgIpc) is 3.27. The Labute approximate surface area is 198 Å². The number of benzene rings is 1. The standard InChI is InChI=1S/C24H32ClN3O3S/c1-14-6-4-8-20(15(14)2)26-22(29)16(3)32-24-27-21-12-17(25)9-10-19(21)23(30)28(24)13-18-7-5-11-31-18/h9-10,12,14-16,18,20H,4-8,11,13H2,1-3H3,(H,26,29)/t14-,15+,16+,18+,20-/m1/s1. The van der Waals surface area contributed by atoms with E-state index in [1.807, 2.05) is 6.92 Å². The molecule has 0 unspecified atom stereocenters. The van der Waals surface area contributed by atoms with Crippen molar-refractivity contribution >= 4 is 40.2 Å². The van der Waals surface area contributed by atoms with Crippen LogP contribution in [0.4, 0.5) is 0 Å². The Hall–Kier alpha value is -1.57. The molecule has 2 heterocycles. The van der Waals surface area contributed by atoms with E-state index in [1.165, 1.54) is 18.2 Å². The fraction of sp³-hybridized carbons (Fsp3) is 0.625. The molecule has 1 aromatic carbocycles. The molecule has 1 saturated heterocycles. The van der Waals surface area contributed by atoms with Crippen LogP contribution in [-0.2, 0) is 16.1 Å². The zero-order valence-corrected chi connectivity index (χ0v) is 20.5. The summed E-state index contributed by atoms with van der Waals surface area (Å²) in [5.41, 5.74) is 0.433. The summed E-state index contributed by atoms with van der Waals surface area (Å²) in [6.45, 7) is 7.52. The second-order valence-electron chi connectivity index (χ2n) is 9.25. The van der Waals surface area contributed by atoms with E-state index in [1.54, 1.807) is 22.8 Å². The number of aromatic nitrogens is 2. The molecular weight excluding hydrogens is 446 g/mol. The highest BCUT2D eigenvalue weighted by atomic mass is 35.5. The first kappa shape index (κ1) is 23.6. The number of halogens is 1. The van der Waals surface area contributed by atoms with Gasteiger partial charge in [-0.1, -0.05) is 50.1 Å². The minimum atomic E-state index is -0.376. The molecule has 1 N–H and O–H groups in total. The van der Waals surface area contributed by atoms with Crippen molar-refractivity contribution < 1.29 is 9.53 Å². The fourth-order valence-electron chi connectivity index (χ4n) is 4.71. The Balaban J connectivity index is 1.58. The monoisotopic (exact) mass is 477 g/mol. The predicted octanol–water partition coefficient (Wildman–Crippen LogP) is 4.65. The van der Waals surface area contributed by atoms with Crippen LogP contribution in [0.2, 0.25) is 5.02 Å². The molecule has 0 spiro atoms. The van der Waals surface area contributed by atoms with Crippen molar-refractivity contribution in [2.24, 2.45) is 11.8 Å². The third-order valence-corrected chi connectivity index (χ3v) is 8.30. The summed E-state index contributed by atoms with van der Waals surface area (Å²) in [6.07, 6.45) is 5.29. The third-order valence-electron chi connectivity index (χ3n) is 6.98. The quantitative estimate of drug-likeness (QED) is 0.484. The summed E-state index contributed by atoms with van der Waals surface area (Å²) in [5, 5.41) is 4.47. The van der Waals surface area contributed by atoms with Crippen LogP contribution in [0.25, 0.3) is 10.9 Å². The first-order valence-electron chi connectivity index (χ1n) is 11.6. The van der Waals surface area contributed by atoms with E-state index < -0.39 is 0 Å². The lowest BCUT2D eigenvalue weighted by Gasteiger charge is -2.35. The Bertz CT molecular complexity index is 1040. The van der Waals surface area contributed by atoms with Crippen molar-refractivity contribution in [1.82, 2.24) is 14.9 Å². The highest BCUT2D eigenvalue weighted by molar-refractivity contribution is 8.00. The van der Waals surface area contributed by atoms with Gasteiger partial charge in [0.25, 0.3) is 5.56 Å². The summed E-state index contributed by atoms with van der Waals surface area (Å²) in [7, 11) is 0. The number of amides is 1. The molecule has 5 atom stereocenters. The molecule has 1 aromatic heterocycles. The number of hydrogen-bond acceptors (Lipinski definition) is 5. The second-order valence-corrected chi connectivity index (χ2v) is 11.0. The lowest BCUT2D eigenvalue weighted by molar-refractivity contribution is -0.121. The zero-order valence-electron chi connectivity index (χ0n) is 19.0. The fourth-order valence-corrected chi connectivity index (χ4v) is 5.81. The van der Waals surface area contributed by atoms with Gasteiger partial charge in [0.2, 0.25) is 5.91 Å². The van der Waals surface area contributed by atoms with Gasteiger partial charge >= 0.3 is 0 Å². The number of fused-ring (bicyclic) bond motifs is 1. The van der Waals surface area contributed by atoms with Crippen LogP contribution in [-0.4, -0.2) is 39.5 Å². The van der Waals surface area contributed by atoms with Crippen molar-refractivity contribution in [1.29, 1.82) is 0 Å². The first-order valence-corrected chi connectivity index (χ1v) is 12.9. The number of carbonyl (C=O) groups excluding carboxylic acids is 1. The van der Waals surface area contributed by atoms with E-state index in [9.17, 15) is 9.59 Å². The van der Waals surface area contributed by atoms with Crippen LogP contribution in [0.5, 0.6) is 0 Å². The van der Waals surface area contributed by atoms with Crippen LogP contribution < -0.4 is 10.9 Å². The topological polar surface area (TPSA) is 73.2 Å². The minimum absolute atomic E-state index is 0.00712. The summed E-state index contributed by atoms with van der Waals surface area (Å²) in [6, 6.07) is 5.33. The molecule has 174 valence electrons. The maximum atomic E-state index is 13.3. The number of rotatable bonds is 6. The normalized spacial score (nSPS) is 26.9. The van der Waals surface area contributed by atoms with Crippen molar-refractivity contribution in [3.8, 4) is 0 Å². The molecule has 6 nitrogen and oxygen atoms in total. The molecule has 4 rings (SSSR count). The van der Waals surface area contributed by atoms with Crippen LogP contribution in [0.15, 0.2) is 28.2 Å². The second kappa shape index (κ2) is 10.1. The highest BCUT2D eigenvalue weighted by Crippen LogP contribution is 2.30. The van der Waals surface area contributed by atoms with E-state index in [0.717, 1.165) is 32.3 Å². The van der Waals surface area contributed by atoms with Gasteiger partial charge in [-0.15, -0.1) is 0 Å². The van der Waals surface area contributed by atoms with Crippen molar-refractivity contribution in [3.05, 3.63) is 33.6 Å². The van der Waals surface area contributed by atoms with Gasteiger partial charge in [0.1, 0.15) is 0 Å². The minimum Gasteiger partial charge on any atom is -0.376 e. The SMILES string of the molecule is C[C@H]1[C@H](C)CCC[C@H]1NC(=O)[C@H](C)Sc1nc2cc(Cl)ccc2c(=O)n1C[C@@H]1CCCO1. The van der Waals surface area contributed by atoms with Gasteiger partial charge in [-0.3, -0.25) is 14.2 Å². The predicted molar refractivity (Wildman–Crippen MR) is 129 cm³/mol. The van der Waals surface area contributed by atoms with Gasteiger partial charge in [-0.05, 0) is 56.2 Å². The molecule has 2 aromatic rings. The zero-order chi connectivity index (χ0) is 22.8. The molecule has 2 aliphatic rings. The lowest BCUT2D eigenvalue weighted by atomic mass is 9.78. The molecular formula is C24H32ClN3O3S. The van der Waals surface area contributed by atoms with Gasteiger partial charge in [0.15, 0.2) is 5.16 Å². The van der Waals surface area contributed by atoms with Crippen molar-refractivity contribution in [3.63, 3.8) is 0 Å².